The quantitative estimate of drug-likeness (QED) is 0.141. The Hall–Kier alpha value is -6.91. The highest BCUT2D eigenvalue weighted by atomic mass is 16.1. The molecule has 0 atom stereocenters. The van der Waals surface area contributed by atoms with Crippen LogP contribution in [0, 0.1) is 0 Å². The van der Waals surface area contributed by atoms with E-state index in [4.69, 9.17) is 0 Å². The third-order valence-corrected chi connectivity index (χ3v) is 10.9. The molecule has 0 N–H and O–H groups in total. The van der Waals surface area contributed by atoms with Crippen molar-refractivity contribution >= 4 is 86.1 Å². The summed E-state index contributed by atoms with van der Waals surface area (Å²) >= 11 is 0. The summed E-state index contributed by atoms with van der Waals surface area (Å²) in [5.74, 6) is -0.0601. The van der Waals surface area contributed by atoms with Gasteiger partial charge >= 0.3 is 0 Å². The highest BCUT2D eigenvalue weighted by molar-refractivity contribution is 6.98. The van der Waals surface area contributed by atoms with Crippen molar-refractivity contribution < 1.29 is 4.79 Å². The number of rotatable bonds is 6. The number of anilines is 6. The Labute approximate surface area is 316 Å². The average molecular weight is 689 g/mol. The van der Waals surface area contributed by atoms with E-state index >= 15 is 0 Å². The first-order valence-electron chi connectivity index (χ1n) is 18.4. The molecule has 0 aliphatic carbocycles. The van der Waals surface area contributed by atoms with E-state index in [0.29, 0.717) is 11.1 Å². The van der Waals surface area contributed by atoms with Crippen LogP contribution in [0.2, 0.25) is 0 Å². The molecule has 0 fully saturated rings. The fourth-order valence-electron chi connectivity index (χ4n) is 8.58. The predicted molar refractivity (Wildman–Crippen MR) is 226 cm³/mol. The van der Waals surface area contributed by atoms with Crippen LogP contribution in [0.4, 0.5) is 34.1 Å². The zero-order valence-electron chi connectivity index (χ0n) is 29.5. The molecule has 2 aliphatic heterocycles. The molecule has 0 bridgehead atoms. The monoisotopic (exact) mass is 689 g/mol. The van der Waals surface area contributed by atoms with Gasteiger partial charge < -0.3 is 9.80 Å². The van der Waals surface area contributed by atoms with Crippen LogP contribution in [0.15, 0.2) is 200 Å². The van der Waals surface area contributed by atoms with Crippen LogP contribution in [-0.2, 0) is 0 Å². The van der Waals surface area contributed by atoms with Gasteiger partial charge in [-0.3, -0.25) is 9.78 Å². The summed E-state index contributed by atoms with van der Waals surface area (Å²) in [4.78, 5) is 23.7. The maximum absolute atomic E-state index is 14.9. The molecule has 10 rings (SSSR count). The van der Waals surface area contributed by atoms with Gasteiger partial charge in [-0.25, -0.2) is 0 Å². The molecule has 0 saturated heterocycles. The second kappa shape index (κ2) is 13.3. The molecule has 2 aliphatic rings. The first-order chi connectivity index (χ1) is 26.8. The molecule has 1 aromatic heterocycles. The number of aromatic nitrogens is 1. The van der Waals surface area contributed by atoms with Gasteiger partial charge in [0.25, 0.3) is 0 Å². The topological polar surface area (TPSA) is 36.4 Å². The van der Waals surface area contributed by atoms with Gasteiger partial charge in [-0.2, -0.15) is 0 Å². The molecule has 4 nitrogen and oxygen atoms in total. The summed E-state index contributed by atoms with van der Waals surface area (Å²) in [7, 11) is 0. The van der Waals surface area contributed by atoms with Crippen LogP contribution in [0.3, 0.4) is 0 Å². The van der Waals surface area contributed by atoms with E-state index in [1.807, 2.05) is 0 Å². The van der Waals surface area contributed by atoms with Crippen LogP contribution in [0.5, 0.6) is 0 Å². The van der Waals surface area contributed by atoms with Gasteiger partial charge in [0.2, 0.25) is 13.4 Å². The van der Waals surface area contributed by atoms with Crippen molar-refractivity contribution in [1.29, 1.82) is 0 Å². The summed E-state index contributed by atoms with van der Waals surface area (Å²) in [5, 5.41) is 0. The number of nitrogens with zero attached hydrogens (tertiary/aromatic N) is 3. The molecule has 8 aromatic rings. The Morgan fingerprint density at radius 2 is 0.815 bits per heavy atom. The second-order valence-corrected chi connectivity index (χ2v) is 13.9. The van der Waals surface area contributed by atoms with E-state index in [0.717, 1.165) is 34.1 Å². The molecule has 252 valence electrons. The van der Waals surface area contributed by atoms with Crippen LogP contribution in [-0.4, -0.2) is 24.2 Å². The van der Waals surface area contributed by atoms with E-state index < -0.39 is 0 Å². The lowest BCUT2D eigenvalue weighted by molar-refractivity contribution is 0.103. The first-order valence-corrected chi connectivity index (χ1v) is 18.4. The van der Waals surface area contributed by atoms with Crippen LogP contribution < -0.4 is 42.6 Å². The predicted octanol–water partition coefficient (Wildman–Crippen LogP) is 6.91. The van der Waals surface area contributed by atoms with Crippen molar-refractivity contribution in [2.24, 2.45) is 0 Å². The number of hydrogen-bond acceptors (Lipinski definition) is 4. The molecule has 0 unspecified atom stereocenters. The molecular weight excluding hydrogens is 656 g/mol. The standard InChI is InChI=1S/C48H33B2N3O/c54-48(34-29-31-51-32-30-34)38-33-37(52-44-23-11-7-19-39(44)49(35-15-3-1-4-16-35)40-20-8-12-24-45(40)52)27-28-43(38)53-46-25-13-9-21-41(46)50(36-17-5-2-6-18-36)42-22-10-14-26-47(42)53/h1-33H. The number of pyridine rings is 1. The molecule has 6 heteroatoms. The van der Waals surface area contributed by atoms with E-state index in [2.05, 4.69) is 191 Å². The Morgan fingerprint density at radius 1 is 0.407 bits per heavy atom. The van der Waals surface area contributed by atoms with Crippen molar-refractivity contribution in [2.45, 2.75) is 0 Å². The fourth-order valence-corrected chi connectivity index (χ4v) is 8.58. The molecular formula is C48H33B2N3O. The molecule has 0 saturated carbocycles. The van der Waals surface area contributed by atoms with Crippen molar-refractivity contribution in [1.82, 2.24) is 4.98 Å². The van der Waals surface area contributed by atoms with Gasteiger partial charge in [0.05, 0.1) is 5.69 Å². The van der Waals surface area contributed by atoms with Gasteiger partial charge in [0.15, 0.2) is 5.78 Å². The maximum Gasteiger partial charge on any atom is 0.246 e. The Morgan fingerprint density at radius 3 is 1.28 bits per heavy atom. The van der Waals surface area contributed by atoms with Crippen molar-refractivity contribution in [3.63, 3.8) is 0 Å². The Bertz CT molecular complexity index is 2570. The van der Waals surface area contributed by atoms with Gasteiger partial charge in [-0.05, 0) is 76.4 Å². The molecule has 54 heavy (non-hydrogen) atoms. The number of benzene rings is 7. The van der Waals surface area contributed by atoms with Crippen LogP contribution in [0.1, 0.15) is 15.9 Å². The van der Waals surface area contributed by atoms with E-state index in [1.54, 1.807) is 24.5 Å². The Kier molecular flexibility index (Phi) is 7.80. The average Bonchev–Trinajstić information content (AvgIpc) is 3.25. The summed E-state index contributed by atoms with van der Waals surface area (Å²) < 4.78 is 0. The minimum atomic E-state index is -0.0601. The summed E-state index contributed by atoms with van der Waals surface area (Å²) in [6, 6.07) is 65.9. The summed E-state index contributed by atoms with van der Waals surface area (Å²) in [6.07, 6.45) is 3.38. The van der Waals surface area contributed by atoms with Crippen molar-refractivity contribution in [3.05, 3.63) is 212 Å². The highest BCUT2D eigenvalue weighted by Crippen LogP contribution is 2.43. The Balaban J connectivity index is 1.20. The molecule has 0 spiro atoms. The number of carbonyl (C=O) groups excluding carboxylic acids is 1. The zero-order chi connectivity index (χ0) is 36.0. The number of ketones is 1. The maximum atomic E-state index is 14.9. The molecule has 0 amide bonds. The minimum Gasteiger partial charge on any atom is -0.311 e. The molecule has 7 aromatic carbocycles. The number of fused-ring (bicyclic) bond motifs is 4. The number of para-hydroxylation sites is 4. The van der Waals surface area contributed by atoms with E-state index in [-0.39, 0.29) is 19.2 Å². The normalized spacial score (nSPS) is 12.7. The van der Waals surface area contributed by atoms with Crippen LogP contribution in [0.25, 0.3) is 0 Å². The van der Waals surface area contributed by atoms with Crippen molar-refractivity contribution in [2.75, 3.05) is 9.80 Å². The van der Waals surface area contributed by atoms with Gasteiger partial charge in [0.1, 0.15) is 0 Å². The van der Waals surface area contributed by atoms with E-state index in [1.165, 1.54) is 32.8 Å². The fraction of sp³-hybridized carbons (Fsp3) is 0. The SMILES string of the molecule is O=C(c1ccncc1)c1cc(N2c3ccccc3B(c3ccccc3)c3ccccc32)ccc1N1c2ccccc2B(c2ccccc2)c2ccccc21. The smallest absolute Gasteiger partial charge is 0.246 e. The summed E-state index contributed by atoms with van der Waals surface area (Å²) in [5.41, 5.74) is 14.6. The van der Waals surface area contributed by atoms with Gasteiger partial charge in [-0.15, -0.1) is 0 Å². The molecule has 3 heterocycles. The van der Waals surface area contributed by atoms with Crippen LogP contribution >= 0.6 is 0 Å². The first kappa shape index (κ1) is 31.8. The summed E-state index contributed by atoms with van der Waals surface area (Å²) in [6.45, 7) is 0.123. The highest BCUT2D eigenvalue weighted by Gasteiger charge is 2.38. The largest absolute Gasteiger partial charge is 0.311 e. The van der Waals surface area contributed by atoms with Gasteiger partial charge in [0, 0.05) is 52.0 Å². The third-order valence-electron chi connectivity index (χ3n) is 10.9. The van der Waals surface area contributed by atoms with E-state index in [9.17, 15) is 4.79 Å². The zero-order valence-corrected chi connectivity index (χ0v) is 29.5. The minimum absolute atomic E-state index is 0.0485. The number of carbonyl (C=O) groups is 1. The number of hydrogen-bond donors (Lipinski definition) is 0. The third kappa shape index (κ3) is 5.18. The lowest BCUT2D eigenvalue weighted by Crippen LogP contribution is -2.57. The lowest BCUT2D eigenvalue weighted by atomic mass is 9.35. The van der Waals surface area contributed by atoms with Crippen molar-refractivity contribution in [3.8, 4) is 0 Å². The van der Waals surface area contributed by atoms with Gasteiger partial charge in [-0.1, -0.05) is 144 Å². The lowest BCUT2D eigenvalue weighted by Gasteiger charge is -2.39. The second-order valence-electron chi connectivity index (χ2n) is 13.9. The molecule has 0 radical (unpaired) electrons.